The number of hydrogen-bond acceptors (Lipinski definition) is 3. The van der Waals surface area contributed by atoms with Gasteiger partial charge >= 0.3 is 0 Å². The van der Waals surface area contributed by atoms with E-state index in [1.807, 2.05) is 6.07 Å². The highest BCUT2D eigenvalue weighted by Crippen LogP contribution is 2.17. The molecule has 1 aliphatic rings. The molecule has 0 N–H and O–H groups in total. The van der Waals surface area contributed by atoms with Crippen molar-refractivity contribution in [3.8, 4) is 6.07 Å². The van der Waals surface area contributed by atoms with Crippen molar-refractivity contribution in [3.63, 3.8) is 0 Å². The summed E-state index contributed by atoms with van der Waals surface area (Å²) < 4.78 is 0. The number of nitriles is 1. The highest BCUT2D eigenvalue weighted by molar-refractivity contribution is 5.82. The van der Waals surface area contributed by atoms with Crippen LogP contribution in [0.5, 0.6) is 0 Å². The molecule has 1 rings (SSSR count). The number of likely N-dealkylation sites (tertiary alicyclic amines) is 1. The molecule has 1 aliphatic heterocycles. The van der Waals surface area contributed by atoms with Crippen LogP contribution >= 0.6 is 0 Å². The minimum absolute atomic E-state index is 0.0916. The van der Waals surface area contributed by atoms with Crippen molar-refractivity contribution in [1.82, 2.24) is 4.90 Å². The molecule has 1 fully saturated rings. The topological polar surface area (TPSA) is 44.1 Å². The van der Waals surface area contributed by atoms with Gasteiger partial charge in [0.2, 0.25) is 0 Å². The maximum Gasteiger partial charge on any atom is 0.150 e. The van der Waals surface area contributed by atoms with Crippen LogP contribution in [0.25, 0.3) is 0 Å². The maximum atomic E-state index is 11.3. The van der Waals surface area contributed by atoms with Gasteiger partial charge in [0.25, 0.3) is 0 Å². The second-order valence-electron chi connectivity index (χ2n) is 3.38. The van der Waals surface area contributed by atoms with Gasteiger partial charge in [-0.25, -0.2) is 0 Å². The number of nitrogens with zero attached hydrogens (tertiary/aromatic N) is 2. The van der Waals surface area contributed by atoms with Crippen LogP contribution in [0.3, 0.4) is 0 Å². The summed E-state index contributed by atoms with van der Waals surface area (Å²) >= 11 is 0. The first-order valence-electron chi connectivity index (χ1n) is 4.32. The maximum absolute atomic E-state index is 11.3. The molecule has 0 amide bonds. The fourth-order valence-electron chi connectivity index (χ4n) is 1.55. The van der Waals surface area contributed by atoms with E-state index in [9.17, 15) is 4.79 Å². The molecule has 0 bridgehead atoms. The third kappa shape index (κ3) is 2.31. The van der Waals surface area contributed by atoms with Crippen molar-refractivity contribution in [1.29, 1.82) is 5.26 Å². The Morgan fingerprint density at radius 3 is 2.67 bits per heavy atom. The summed E-state index contributed by atoms with van der Waals surface area (Å²) in [7, 11) is 2.06. The Labute approximate surface area is 73.0 Å². The van der Waals surface area contributed by atoms with E-state index < -0.39 is 0 Å². The summed E-state index contributed by atoms with van der Waals surface area (Å²) in [5, 5.41) is 8.34. The Morgan fingerprint density at radius 2 is 2.17 bits per heavy atom. The molecular weight excluding hydrogens is 152 g/mol. The third-order valence-electron chi connectivity index (χ3n) is 2.43. The van der Waals surface area contributed by atoms with E-state index in [0.717, 1.165) is 25.9 Å². The molecule has 66 valence electrons. The van der Waals surface area contributed by atoms with Crippen molar-refractivity contribution in [2.45, 2.75) is 19.3 Å². The fraction of sp³-hybridized carbons (Fsp3) is 0.778. The van der Waals surface area contributed by atoms with Crippen LogP contribution in [0.1, 0.15) is 19.3 Å². The van der Waals surface area contributed by atoms with Gasteiger partial charge in [-0.15, -0.1) is 0 Å². The van der Waals surface area contributed by atoms with Gasteiger partial charge in [-0.2, -0.15) is 5.26 Å². The fourth-order valence-corrected chi connectivity index (χ4v) is 1.55. The van der Waals surface area contributed by atoms with Crippen molar-refractivity contribution in [2.24, 2.45) is 5.92 Å². The summed E-state index contributed by atoms with van der Waals surface area (Å²) in [4.78, 5) is 13.5. The Morgan fingerprint density at radius 1 is 1.58 bits per heavy atom. The van der Waals surface area contributed by atoms with E-state index in [2.05, 4.69) is 11.9 Å². The lowest BCUT2D eigenvalue weighted by Gasteiger charge is -2.27. The number of hydrogen-bond donors (Lipinski definition) is 0. The summed E-state index contributed by atoms with van der Waals surface area (Å²) in [5.74, 6) is 0.284. The zero-order valence-corrected chi connectivity index (χ0v) is 7.42. The molecule has 3 heteroatoms. The number of piperidine rings is 1. The normalized spacial score (nSPS) is 20.3. The van der Waals surface area contributed by atoms with Crippen LogP contribution in [-0.2, 0) is 4.79 Å². The van der Waals surface area contributed by atoms with Crippen LogP contribution in [0.4, 0.5) is 0 Å². The number of ketones is 1. The van der Waals surface area contributed by atoms with Gasteiger partial charge in [-0.1, -0.05) is 0 Å². The van der Waals surface area contributed by atoms with Gasteiger partial charge in [-0.3, -0.25) is 4.79 Å². The van der Waals surface area contributed by atoms with Gasteiger partial charge in [-0.05, 0) is 33.0 Å². The summed E-state index contributed by atoms with van der Waals surface area (Å²) in [5.41, 5.74) is 0. The summed E-state index contributed by atoms with van der Waals surface area (Å²) in [6, 6.07) is 1.91. The Bertz CT molecular complexity index is 199. The predicted molar refractivity (Wildman–Crippen MR) is 45.5 cm³/mol. The van der Waals surface area contributed by atoms with E-state index >= 15 is 0 Å². The first-order valence-corrected chi connectivity index (χ1v) is 4.32. The minimum atomic E-state index is 0.0916. The van der Waals surface area contributed by atoms with Crippen molar-refractivity contribution < 1.29 is 4.79 Å². The lowest BCUT2D eigenvalue weighted by atomic mass is 9.91. The summed E-state index contributed by atoms with van der Waals surface area (Å²) in [6.07, 6.45) is 1.95. The molecule has 0 aromatic carbocycles. The molecule has 3 nitrogen and oxygen atoms in total. The van der Waals surface area contributed by atoms with Gasteiger partial charge < -0.3 is 4.90 Å². The van der Waals surface area contributed by atoms with Crippen LogP contribution in [-0.4, -0.2) is 30.8 Å². The zero-order valence-electron chi connectivity index (χ0n) is 7.42. The van der Waals surface area contributed by atoms with Gasteiger partial charge in [0.15, 0.2) is 0 Å². The quantitative estimate of drug-likeness (QED) is 0.609. The average Bonchev–Trinajstić information content (AvgIpc) is 2.06. The number of carbonyl (C=O) groups is 1. The Hall–Kier alpha value is -0.880. The van der Waals surface area contributed by atoms with E-state index in [1.54, 1.807) is 0 Å². The largest absolute Gasteiger partial charge is 0.306 e. The van der Waals surface area contributed by atoms with E-state index in [1.165, 1.54) is 0 Å². The monoisotopic (exact) mass is 166 g/mol. The van der Waals surface area contributed by atoms with Gasteiger partial charge in [0.05, 0.1) is 12.5 Å². The van der Waals surface area contributed by atoms with Crippen LogP contribution in [0, 0.1) is 17.2 Å². The standard InChI is InChI=1S/C9H14N2O/c1-11-6-3-8(4-7-11)9(12)2-5-10/h8H,2-4,6-7H2,1H3. The molecule has 0 spiro atoms. The highest BCUT2D eigenvalue weighted by atomic mass is 16.1. The molecule has 0 aromatic heterocycles. The van der Waals surface area contributed by atoms with Crippen molar-refractivity contribution in [2.75, 3.05) is 20.1 Å². The van der Waals surface area contributed by atoms with Gasteiger partial charge in [0.1, 0.15) is 5.78 Å². The number of carbonyl (C=O) groups excluding carboxylic acids is 1. The molecule has 0 aliphatic carbocycles. The molecule has 0 atom stereocenters. The van der Waals surface area contributed by atoms with Crippen molar-refractivity contribution in [3.05, 3.63) is 0 Å². The van der Waals surface area contributed by atoms with E-state index in [-0.39, 0.29) is 18.1 Å². The first-order chi connectivity index (χ1) is 5.74. The molecule has 0 unspecified atom stereocenters. The number of Topliss-reactive ketones (excluding diaryl/α,β-unsaturated/α-hetero) is 1. The molecule has 0 radical (unpaired) electrons. The first kappa shape index (κ1) is 9.21. The molecular formula is C9H14N2O. The smallest absolute Gasteiger partial charge is 0.150 e. The summed E-state index contributed by atoms with van der Waals surface area (Å²) in [6.45, 7) is 1.98. The highest BCUT2D eigenvalue weighted by Gasteiger charge is 2.22. The second kappa shape index (κ2) is 4.22. The molecule has 0 aromatic rings. The lowest BCUT2D eigenvalue weighted by molar-refractivity contribution is -0.123. The zero-order chi connectivity index (χ0) is 8.97. The minimum Gasteiger partial charge on any atom is -0.306 e. The number of rotatable bonds is 2. The van der Waals surface area contributed by atoms with Crippen LogP contribution in [0.2, 0.25) is 0 Å². The van der Waals surface area contributed by atoms with Crippen LogP contribution in [0.15, 0.2) is 0 Å². The SMILES string of the molecule is CN1CCC(C(=O)CC#N)CC1. The van der Waals surface area contributed by atoms with Crippen molar-refractivity contribution >= 4 is 5.78 Å². The second-order valence-corrected chi connectivity index (χ2v) is 3.38. The van der Waals surface area contributed by atoms with E-state index in [4.69, 9.17) is 5.26 Å². The Balaban J connectivity index is 2.35. The Kier molecular flexibility index (Phi) is 3.24. The molecule has 0 saturated carbocycles. The molecule has 1 saturated heterocycles. The average molecular weight is 166 g/mol. The van der Waals surface area contributed by atoms with Gasteiger partial charge in [0, 0.05) is 5.92 Å². The van der Waals surface area contributed by atoms with E-state index in [0.29, 0.717) is 0 Å². The predicted octanol–water partition coefficient (Wildman–Crippen LogP) is 0.811. The molecule has 12 heavy (non-hydrogen) atoms. The lowest BCUT2D eigenvalue weighted by Crippen LogP contribution is -2.33. The molecule has 1 heterocycles. The van der Waals surface area contributed by atoms with Crippen LogP contribution < -0.4 is 0 Å². The third-order valence-corrected chi connectivity index (χ3v) is 2.43.